The molecule has 24 heavy (non-hydrogen) atoms. The third-order valence-corrected chi connectivity index (χ3v) is 6.50. The lowest BCUT2D eigenvalue weighted by atomic mass is 9.99. The fourth-order valence-electron chi connectivity index (χ4n) is 2.75. The second-order valence-electron chi connectivity index (χ2n) is 5.81. The number of halogens is 2. The van der Waals surface area contributed by atoms with E-state index >= 15 is 0 Å². The van der Waals surface area contributed by atoms with Gasteiger partial charge in [-0.3, -0.25) is 4.99 Å². The minimum Gasteiger partial charge on any atom is -0.381 e. The molecule has 1 aliphatic rings. The highest BCUT2D eigenvalue weighted by Crippen LogP contribution is 2.33. The van der Waals surface area contributed by atoms with Gasteiger partial charge in [0.05, 0.1) is 6.04 Å². The Morgan fingerprint density at radius 1 is 1.38 bits per heavy atom. The third-order valence-electron chi connectivity index (χ3n) is 4.36. The molecule has 0 saturated carbocycles. The maximum atomic E-state index is 5.50. The Morgan fingerprint density at radius 2 is 2.04 bits per heavy atom. The van der Waals surface area contributed by atoms with Crippen LogP contribution in [0.4, 0.5) is 0 Å². The van der Waals surface area contributed by atoms with Crippen LogP contribution >= 0.6 is 51.7 Å². The summed E-state index contributed by atoms with van der Waals surface area (Å²) in [6, 6.07) is 8.45. The lowest BCUT2D eigenvalue weighted by molar-refractivity contribution is 0.0782. The Labute approximate surface area is 175 Å². The van der Waals surface area contributed by atoms with E-state index in [4.69, 9.17) is 4.74 Å². The number of guanidine groups is 1. The summed E-state index contributed by atoms with van der Waals surface area (Å²) in [5, 5.41) is 6.97. The van der Waals surface area contributed by atoms with Crippen LogP contribution in [0.15, 0.2) is 33.7 Å². The van der Waals surface area contributed by atoms with E-state index in [1.807, 2.05) is 24.9 Å². The van der Waals surface area contributed by atoms with Crippen LogP contribution in [0.25, 0.3) is 0 Å². The molecule has 0 amide bonds. The first kappa shape index (κ1) is 22.1. The largest absolute Gasteiger partial charge is 0.381 e. The highest BCUT2D eigenvalue weighted by molar-refractivity contribution is 14.0. The predicted molar refractivity (Wildman–Crippen MR) is 119 cm³/mol. The van der Waals surface area contributed by atoms with Gasteiger partial charge in [-0.1, -0.05) is 34.1 Å². The van der Waals surface area contributed by atoms with Gasteiger partial charge in [0.25, 0.3) is 0 Å². The first-order chi connectivity index (χ1) is 11.1. The number of rotatable bonds is 5. The van der Waals surface area contributed by atoms with Crippen LogP contribution in [0, 0.1) is 0 Å². The smallest absolute Gasteiger partial charge is 0.191 e. The minimum absolute atomic E-state index is 0. The summed E-state index contributed by atoms with van der Waals surface area (Å²) in [5.41, 5.74) is 1.22. The fraction of sp³-hybridized carbons (Fsp3) is 0.588. The van der Waals surface area contributed by atoms with Crippen molar-refractivity contribution in [3.63, 3.8) is 0 Å². The van der Waals surface area contributed by atoms with Crippen LogP contribution < -0.4 is 10.6 Å². The van der Waals surface area contributed by atoms with Gasteiger partial charge in [0.2, 0.25) is 0 Å². The molecule has 136 valence electrons. The highest BCUT2D eigenvalue weighted by Gasteiger charge is 2.31. The first-order valence-corrected chi connectivity index (χ1v) is 9.96. The number of nitrogens with zero attached hydrogens (tertiary/aromatic N) is 1. The van der Waals surface area contributed by atoms with Crippen LogP contribution in [-0.2, 0) is 4.74 Å². The van der Waals surface area contributed by atoms with Crippen molar-refractivity contribution < 1.29 is 4.74 Å². The Hall–Kier alpha value is 0.01000. The van der Waals surface area contributed by atoms with Gasteiger partial charge in [-0.05, 0) is 37.7 Å². The monoisotopic (exact) mass is 527 g/mol. The summed E-state index contributed by atoms with van der Waals surface area (Å²) in [6.45, 7) is 4.75. The maximum Gasteiger partial charge on any atom is 0.191 e. The first-order valence-electron chi connectivity index (χ1n) is 7.95. The molecule has 0 aromatic heterocycles. The van der Waals surface area contributed by atoms with Gasteiger partial charge in [0.15, 0.2) is 5.96 Å². The maximum absolute atomic E-state index is 5.50. The molecule has 4 nitrogen and oxygen atoms in total. The van der Waals surface area contributed by atoms with Gasteiger partial charge in [-0.15, -0.1) is 24.0 Å². The summed E-state index contributed by atoms with van der Waals surface area (Å²) < 4.78 is 6.86. The number of nitrogens with one attached hydrogen (secondary N) is 2. The van der Waals surface area contributed by atoms with Crippen molar-refractivity contribution >= 4 is 57.6 Å². The van der Waals surface area contributed by atoms with E-state index in [1.165, 1.54) is 5.56 Å². The quantitative estimate of drug-likeness (QED) is 0.342. The molecule has 1 heterocycles. The SMILES string of the molecule is CN=C(NCC1(SC)CCOCC1)NC(C)c1ccccc1Br.I. The molecule has 0 bridgehead atoms. The molecule has 7 heteroatoms. The molecule has 1 unspecified atom stereocenters. The topological polar surface area (TPSA) is 45.7 Å². The zero-order chi connectivity index (χ0) is 16.7. The van der Waals surface area contributed by atoms with Crippen LogP contribution in [0.2, 0.25) is 0 Å². The molecule has 0 aliphatic carbocycles. The minimum atomic E-state index is 0. The summed E-state index contributed by atoms with van der Waals surface area (Å²) in [6.07, 6.45) is 4.35. The molecule has 2 N–H and O–H groups in total. The zero-order valence-electron chi connectivity index (χ0n) is 14.5. The van der Waals surface area contributed by atoms with E-state index < -0.39 is 0 Å². The molecule has 2 rings (SSSR count). The normalized spacial score (nSPS) is 18.4. The molecule has 1 saturated heterocycles. The van der Waals surface area contributed by atoms with Crippen LogP contribution in [0.3, 0.4) is 0 Å². The standard InChI is InChI=1S/C17H26BrN3OS.HI/c1-13(14-6-4-5-7-15(14)18)21-16(19-2)20-12-17(23-3)8-10-22-11-9-17;/h4-7,13H,8-12H2,1-3H3,(H2,19,20,21);1H. The third kappa shape index (κ3) is 6.07. The predicted octanol–water partition coefficient (Wildman–Crippen LogP) is 4.21. The molecular formula is C17H27BrIN3OS. The molecule has 0 spiro atoms. The van der Waals surface area contributed by atoms with Gasteiger partial charge in [-0.25, -0.2) is 0 Å². The summed E-state index contributed by atoms with van der Waals surface area (Å²) in [7, 11) is 1.82. The van der Waals surface area contributed by atoms with Crippen LogP contribution in [0.1, 0.15) is 31.4 Å². The Balaban J connectivity index is 0.00000288. The van der Waals surface area contributed by atoms with E-state index in [1.54, 1.807) is 0 Å². The van der Waals surface area contributed by atoms with Crippen molar-refractivity contribution in [2.45, 2.75) is 30.6 Å². The van der Waals surface area contributed by atoms with Crippen molar-refractivity contribution in [3.05, 3.63) is 34.3 Å². The van der Waals surface area contributed by atoms with E-state index in [9.17, 15) is 0 Å². The molecule has 1 atom stereocenters. The molecule has 1 fully saturated rings. The second-order valence-corrected chi connectivity index (χ2v) is 7.94. The summed E-state index contributed by atoms with van der Waals surface area (Å²) in [4.78, 5) is 4.37. The summed E-state index contributed by atoms with van der Waals surface area (Å²) in [5.74, 6) is 0.841. The molecule has 0 radical (unpaired) electrons. The highest BCUT2D eigenvalue weighted by atomic mass is 127. The number of thioether (sulfide) groups is 1. The fourth-order valence-corrected chi connectivity index (χ4v) is 4.16. The van der Waals surface area contributed by atoms with Crippen LogP contribution in [-0.4, -0.2) is 43.8 Å². The van der Waals surface area contributed by atoms with Crippen molar-refractivity contribution in [1.29, 1.82) is 0 Å². The molecule has 1 aromatic carbocycles. The summed E-state index contributed by atoms with van der Waals surface area (Å²) >= 11 is 5.54. The van der Waals surface area contributed by atoms with Gasteiger partial charge < -0.3 is 15.4 Å². The van der Waals surface area contributed by atoms with Gasteiger partial charge >= 0.3 is 0 Å². The average Bonchev–Trinajstić information content (AvgIpc) is 2.59. The Morgan fingerprint density at radius 3 is 2.62 bits per heavy atom. The van der Waals surface area contributed by atoms with Crippen molar-refractivity contribution in [2.75, 3.05) is 33.1 Å². The zero-order valence-corrected chi connectivity index (χ0v) is 19.2. The number of benzene rings is 1. The lowest BCUT2D eigenvalue weighted by Crippen LogP contribution is -2.48. The van der Waals surface area contributed by atoms with E-state index in [-0.39, 0.29) is 34.8 Å². The van der Waals surface area contributed by atoms with Crippen molar-refractivity contribution in [2.24, 2.45) is 4.99 Å². The van der Waals surface area contributed by atoms with Crippen molar-refractivity contribution in [3.8, 4) is 0 Å². The van der Waals surface area contributed by atoms with Gasteiger partial charge in [0, 0.05) is 36.0 Å². The van der Waals surface area contributed by atoms with Crippen molar-refractivity contribution in [1.82, 2.24) is 10.6 Å². The molecule has 1 aromatic rings. The van der Waals surface area contributed by atoms with Gasteiger partial charge in [0.1, 0.15) is 0 Å². The number of aliphatic imine (C=N–C) groups is 1. The Bertz CT molecular complexity index is 538. The van der Waals surface area contributed by atoms with E-state index in [0.717, 1.165) is 43.0 Å². The van der Waals surface area contributed by atoms with Crippen LogP contribution in [0.5, 0.6) is 0 Å². The molecule has 1 aliphatic heterocycles. The van der Waals surface area contributed by atoms with Gasteiger partial charge in [-0.2, -0.15) is 11.8 Å². The Kier molecular flexibility index (Phi) is 10.00. The number of hydrogen-bond acceptors (Lipinski definition) is 3. The number of ether oxygens (including phenoxy) is 1. The number of hydrogen-bond donors (Lipinski definition) is 2. The van der Waals surface area contributed by atoms with E-state index in [0.29, 0.717) is 0 Å². The lowest BCUT2D eigenvalue weighted by Gasteiger charge is -2.36. The molecular weight excluding hydrogens is 501 g/mol. The second kappa shape index (κ2) is 10.9. The van der Waals surface area contributed by atoms with E-state index in [2.05, 4.69) is 62.9 Å². The average molecular weight is 528 g/mol.